The molecule has 0 amide bonds. The van der Waals surface area contributed by atoms with Gasteiger partial charge >= 0.3 is 0 Å². The molecule has 0 aliphatic carbocycles. The Balaban J connectivity index is 0.00000242. The maximum Gasteiger partial charge on any atom is 0.193 e. The fourth-order valence-corrected chi connectivity index (χ4v) is 1.79. The summed E-state index contributed by atoms with van der Waals surface area (Å²) < 4.78 is 7.32. The second kappa shape index (κ2) is 8.62. The molecule has 2 aromatic rings. The van der Waals surface area contributed by atoms with E-state index in [1.54, 1.807) is 4.68 Å². The second-order valence-corrected chi connectivity index (χ2v) is 5.00. The van der Waals surface area contributed by atoms with Crippen molar-refractivity contribution in [3.63, 3.8) is 0 Å². The van der Waals surface area contributed by atoms with Crippen molar-refractivity contribution in [3.05, 3.63) is 42.2 Å². The number of ether oxygens (including phenoxy) is 1. The first-order valence-electron chi connectivity index (χ1n) is 6.85. The van der Waals surface area contributed by atoms with Crippen LogP contribution >= 0.6 is 24.0 Å². The van der Waals surface area contributed by atoms with Crippen LogP contribution in [0.4, 0.5) is 5.69 Å². The minimum absolute atomic E-state index is 0. The lowest BCUT2D eigenvalue weighted by Gasteiger charge is -2.10. The number of hydrogen-bond acceptors (Lipinski definition) is 3. The quantitative estimate of drug-likeness (QED) is 0.447. The first kappa shape index (κ1) is 18.3. The maximum atomic E-state index is 5.85. The van der Waals surface area contributed by atoms with Crippen molar-refractivity contribution in [2.45, 2.75) is 26.5 Å². The fraction of sp³-hybridized carbons (Fsp3) is 0.333. The Hall–Kier alpha value is -1.77. The first-order valence-corrected chi connectivity index (χ1v) is 6.85. The molecule has 120 valence electrons. The summed E-state index contributed by atoms with van der Waals surface area (Å²) in [7, 11) is 1.87. The molecule has 0 atom stereocenters. The van der Waals surface area contributed by atoms with E-state index >= 15 is 0 Å². The normalized spacial score (nSPS) is 11.2. The number of hydrogen-bond donors (Lipinski definition) is 2. The first-order chi connectivity index (χ1) is 10.0. The molecule has 0 aliphatic heterocycles. The molecule has 1 aromatic carbocycles. The van der Waals surface area contributed by atoms with Crippen molar-refractivity contribution < 1.29 is 4.74 Å². The third-order valence-corrected chi connectivity index (χ3v) is 2.68. The monoisotopic (exact) mass is 415 g/mol. The minimum atomic E-state index is 0. The average molecular weight is 415 g/mol. The van der Waals surface area contributed by atoms with Crippen LogP contribution in [0.15, 0.2) is 41.5 Å². The fourth-order valence-electron chi connectivity index (χ4n) is 1.79. The van der Waals surface area contributed by atoms with Crippen LogP contribution in [0.25, 0.3) is 0 Å². The highest BCUT2D eigenvalue weighted by Gasteiger charge is 2.00. The van der Waals surface area contributed by atoms with E-state index in [9.17, 15) is 0 Å². The van der Waals surface area contributed by atoms with Gasteiger partial charge in [-0.15, -0.1) is 24.0 Å². The highest BCUT2D eigenvalue weighted by molar-refractivity contribution is 14.0. The summed E-state index contributed by atoms with van der Waals surface area (Å²) in [5.41, 5.74) is 7.60. The third-order valence-electron chi connectivity index (χ3n) is 2.68. The van der Waals surface area contributed by atoms with E-state index < -0.39 is 0 Å². The number of halogens is 1. The van der Waals surface area contributed by atoms with Gasteiger partial charge in [0.05, 0.1) is 18.3 Å². The zero-order valence-electron chi connectivity index (χ0n) is 13.0. The number of nitrogens with two attached hydrogens (primary N) is 1. The summed E-state index contributed by atoms with van der Waals surface area (Å²) in [6.07, 6.45) is 2.04. The third kappa shape index (κ3) is 5.92. The van der Waals surface area contributed by atoms with Crippen molar-refractivity contribution >= 4 is 35.6 Å². The Labute approximate surface area is 147 Å². The van der Waals surface area contributed by atoms with Crippen LogP contribution in [0.5, 0.6) is 5.75 Å². The molecule has 0 fully saturated rings. The molecule has 7 heteroatoms. The highest BCUT2D eigenvalue weighted by atomic mass is 127. The van der Waals surface area contributed by atoms with Gasteiger partial charge in [0.15, 0.2) is 5.96 Å². The van der Waals surface area contributed by atoms with Gasteiger partial charge in [0.1, 0.15) is 5.75 Å². The number of aromatic nitrogens is 2. The molecular weight excluding hydrogens is 393 g/mol. The number of nitrogens with zero attached hydrogens (tertiary/aromatic N) is 3. The Morgan fingerprint density at radius 1 is 1.32 bits per heavy atom. The standard InChI is InChI=1S/C15H21N5O.HI/c1-11(2)21-14-6-4-12(5-7-14)18-15(16)17-10-13-8-9-20(3)19-13;/h4-9,11H,10H2,1-3H3,(H3,16,17,18);1H. The molecule has 22 heavy (non-hydrogen) atoms. The molecule has 0 aliphatic rings. The topological polar surface area (TPSA) is 77.5 Å². The molecule has 0 spiro atoms. The smallest absolute Gasteiger partial charge is 0.193 e. The van der Waals surface area contributed by atoms with Crippen LogP contribution < -0.4 is 15.8 Å². The van der Waals surface area contributed by atoms with Crippen molar-refractivity contribution in [1.29, 1.82) is 0 Å². The molecule has 0 saturated carbocycles. The van der Waals surface area contributed by atoms with Gasteiger partial charge in [0.25, 0.3) is 0 Å². The van der Waals surface area contributed by atoms with Crippen LogP contribution in [-0.4, -0.2) is 21.8 Å². The van der Waals surface area contributed by atoms with Crippen molar-refractivity contribution in [3.8, 4) is 5.75 Å². The van der Waals surface area contributed by atoms with Crippen LogP contribution in [0.2, 0.25) is 0 Å². The van der Waals surface area contributed by atoms with E-state index in [1.165, 1.54) is 0 Å². The highest BCUT2D eigenvalue weighted by Crippen LogP contribution is 2.16. The summed E-state index contributed by atoms with van der Waals surface area (Å²) in [4.78, 5) is 4.25. The zero-order chi connectivity index (χ0) is 15.2. The Bertz CT molecular complexity index is 607. The van der Waals surface area contributed by atoms with Gasteiger partial charge in [-0.25, -0.2) is 4.99 Å². The van der Waals surface area contributed by atoms with E-state index in [-0.39, 0.29) is 30.1 Å². The molecule has 1 aromatic heterocycles. The van der Waals surface area contributed by atoms with Crippen LogP contribution in [0.1, 0.15) is 19.5 Å². The summed E-state index contributed by atoms with van der Waals surface area (Å²) in [6, 6.07) is 9.51. The van der Waals surface area contributed by atoms with Crippen LogP contribution in [0, 0.1) is 0 Å². The number of benzene rings is 1. The Kier molecular flexibility index (Phi) is 7.16. The Morgan fingerprint density at radius 3 is 2.55 bits per heavy atom. The predicted octanol–water partition coefficient (Wildman–Crippen LogP) is 2.75. The van der Waals surface area contributed by atoms with E-state index in [4.69, 9.17) is 10.5 Å². The molecule has 0 saturated heterocycles. The van der Waals surface area contributed by atoms with E-state index in [1.807, 2.05) is 57.4 Å². The number of anilines is 1. The van der Waals surface area contributed by atoms with Gasteiger partial charge in [0, 0.05) is 18.9 Å². The molecular formula is C15H22IN5O. The largest absolute Gasteiger partial charge is 0.491 e. The van der Waals surface area contributed by atoms with Gasteiger partial charge in [-0.3, -0.25) is 4.68 Å². The summed E-state index contributed by atoms with van der Waals surface area (Å²) in [5, 5.41) is 7.28. The van der Waals surface area contributed by atoms with Gasteiger partial charge in [-0.1, -0.05) is 0 Å². The van der Waals surface area contributed by atoms with Crippen LogP contribution in [0.3, 0.4) is 0 Å². The maximum absolute atomic E-state index is 5.85. The predicted molar refractivity (Wildman–Crippen MR) is 99.8 cm³/mol. The zero-order valence-corrected chi connectivity index (χ0v) is 15.3. The summed E-state index contributed by atoms with van der Waals surface area (Å²) >= 11 is 0. The van der Waals surface area contributed by atoms with Crippen molar-refractivity contribution in [2.75, 3.05) is 5.32 Å². The van der Waals surface area contributed by atoms with Gasteiger partial charge in [-0.05, 0) is 44.2 Å². The molecule has 3 N–H and O–H groups in total. The molecule has 0 bridgehead atoms. The number of aliphatic imine (C=N–C) groups is 1. The number of aryl methyl sites for hydroxylation is 1. The van der Waals surface area contributed by atoms with E-state index in [0.29, 0.717) is 12.5 Å². The molecule has 2 rings (SSSR count). The Morgan fingerprint density at radius 2 is 2.00 bits per heavy atom. The van der Waals surface area contributed by atoms with Gasteiger partial charge in [0.2, 0.25) is 0 Å². The SMILES string of the molecule is CC(C)Oc1ccc(NC(N)=NCc2ccn(C)n2)cc1.I. The number of guanidine groups is 1. The average Bonchev–Trinajstić information content (AvgIpc) is 2.84. The van der Waals surface area contributed by atoms with Gasteiger partial charge < -0.3 is 15.8 Å². The number of rotatable bonds is 5. The molecule has 0 unspecified atom stereocenters. The lowest BCUT2D eigenvalue weighted by atomic mass is 10.3. The minimum Gasteiger partial charge on any atom is -0.491 e. The lowest BCUT2D eigenvalue weighted by Crippen LogP contribution is -2.22. The molecule has 0 radical (unpaired) electrons. The van der Waals surface area contributed by atoms with Crippen molar-refractivity contribution in [1.82, 2.24) is 9.78 Å². The number of nitrogens with one attached hydrogen (secondary N) is 1. The summed E-state index contributed by atoms with van der Waals surface area (Å²) in [6.45, 7) is 4.44. The van der Waals surface area contributed by atoms with E-state index in [2.05, 4.69) is 15.4 Å². The molecule has 6 nitrogen and oxygen atoms in total. The van der Waals surface area contributed by atoms with E-state index in [0.717, 1.165) is 17.1 Å². The lowest BCUT2D eigenvalue weighted by molar-refractivity contribution is 0.242. The van der Waals surface area contributed by atoms with Crippen LogP contribution in [-0.2, 0) is 13.6 Å². The summed E-state index contributed by atoms with van der Waals surface area (Å²) in [5.74, 6) is 1.19. The van der Waals surface area contributed by atoms with Crippen molar-refractivity contribution in [2.24, 2.45) is 17.8 Å². The second-order valence-electron chi connectivity index (χ2n) is 5.00. The van der Waals surface area contributed by atoms with Gasteiger partial charge in [-0.2, -0.15) is 5.10 Å². The molecule has 1 heterocycles.